The second-order valence-electron chi connectivity index (χ2n) is 8.81. The van der Waals surface area contributed by atoms with Crippen LogP contribution in [-0.2, 0) is 10.1 Å². The second kappa shape index (κ2) is 16.2. The van der Waals surface area contributed by atoms with Gasteiger partial charge >= 0.3 is 29.6 Å². The average Bonchev–Trinajstić information content (AvgIpc) is 2.86. The van der Waals surface area contributed by atoms with Gasteiger partial charge in [-0.3, -0.25) is 0 Å². The normalized spacial score (nSPS) is 11.6. The first-order valence-corrected chi connectivity index (χ1v) is 14.0. The fourth-order valence-corrected chi connectivity index (χ4v) is 4.50. The van der Waals surface area contributed by atoms with E-state index in [2.05, 4.69) is 17.2 Å². The van der Waals surface area contributed by atoms with E-state index in [9.17, 15) is 13.0 Å². The Morgan fingerprint density at radius 2 is 1.31 bits per heavy atom. The van der Waals surface area contributed by atoms with E-state index < -0.39 is 10.1 Å². The minimum atomic E-state index is -4.48. The Balaban J connectivity index is 0.00000456. The van der Waals surface area contributed by atoms with E-state index >= 15 is 0 Å². The van der Waals surface area contributed by atoms with E-state index in [4.69, 9.17) is 4.74 Å². The summed E-state index contributed by atoms with van der Waals surface area (Å²) in [6.45, 7) is 2.94. The van der Waals surface area contributed by atoms with Crippen LogP contribution in [0.5, 0.6) is 5.75 Å². The summed E-state index contributed by atoms with van der Waals surface area (Å²) >= 11 is 0. The number of nitrogens with zero attached hydrogens (tertiary/aromatic N) is 2. The van der Waals surface area contributed by atoms with Gasteiger partial charge in [0.2, 0.25) is 0 Å². The number of unbranched alkanes of at least 4 members (excludes halogenated alkanes) is 9. The maximum absolute atomic E-state index is 11.1. The molecule has 0 spiro atoms. The van der Waals surface area contributed by atoms with Crippen LogP contribution in [0.25, 0.3) is 10.8 Å². The van der Waals surface area contributed by atoms with Crippen molar-refractivity contribution in [2.75, 3.05) is 6.61 Å². The predicted molar refractivity (Wildman–Crippen MR) is 140 cm³/mol. The Hall–Kier alpha value is -1.77. The Morgan fingerprint density at radius 3 is 1.92 bits per heavy atom. The van der Waals surface area contributed by atoms with Crippen molar-refractivity contribution in [3.63, 3.8) is 0 Å². The molecule has 36 heavy (non-hydrogen) atoms. The summed E-state index contributed by atoms with van der Waals surface area (Å²) in [5.74, 6) is 0.834. The minimum Gasteiger partial charge on any atom is -0.744 e. The van der Waals surface area contributed by atoms with Gasteiger partial charge in [0.25, 0.3) is 0 Å². The Bertz CT molecular complexity index is 1200. The topological polar surface area (TPSA) is 91.2 Å². The van der Waals surface area contributed by atoms with Crippen LogP contribution in [0.15, 0.2) is 75.8 Å². The first kappa shape index (κ1) is 30.5. The molecule has 3 rings (SSSR count). The molecule has 0 amide bonds. The maximum Gasteiger partial charge on any atom is 1.00 e. The van der Waals surface area contributed by atoms with Gasteiger partial charge in [-0.1, -0.05) is 89.0 Å². The van der Waals surface area contributed by atoms with Gasteiger partial charge in [0.1, 0.15) is 15.9 Å². The zero-order valence-corrected chi connectivity index (χ0v) is 24.3. The summed E-state index contributed by atoms with van der Waals surface area (Å²) in [6.07, 6.45) is 12.9. The fourth-order valence-electron chi connectivity index (χ4n) is 4.03. The molecule has 0 aliphatic carbocycles. The molecule has 0 radical (unpaired) electrons. The predicted octanol–water partition coefficient (Wildman–Crippen LogP) is 5.46. The molecule has 0 saturated heterocycles. The largest absolute Gasteiger partial charge is 1.00 e. The number of rotatable bonds is 15. The summed E-state index contributed by atoms with van der Waals surface area (Å²) in [4.78, 5) is -0.286. The molecule has 0 aromatic heterocycles. The van der Waals surface area contributed by atoms with E-state index in [0.29, 0.717) is 18.0 Å². The van der Waals surface area contributed by atoms with Crippen LogP contribution in [0.3, 0.4) is 0 Å². The zero-order valence-electron chi connectivity index (χ0n) is 21.5. The number of hydrogen-bond acceptors (Lipinski definition) is 6. The Morgan fingerprint density at radius 1 is 0.722 bits per heavy atom. The van der Waals surface area contributed by atoms with Crippen LogP contribution in [0.2, 0.25) is 0 Å². The molecule has 0 heterocycles. The summed E-state index contributed by atoms with van der Waals surface area (Å²) < 4.78 is 39.3. The third kappa shape index (κ3) is 9.94. The average molecular weight is 519 g/mol. The van der Waals surface area contributed by atoms with Crippen LogP contribution in [-0.4, -0.2) is 19.6 Å². The number of benzene rings is 3. The fraction of sp³-hybridized carbons (Fsp3) is 0.429. The second-order valence-corrected chi connectivity index (χ2v) is 10.2. The van der Waals surface area contributed by atoms with E-state index in [-0.39, 0.29) is 34.5 Å². The smallest absolute Gasteiger partial charge is 0.744 e. The maximum atomic E-state index is 11.1. The van der Waals surface area contributed by atoms with Gasteiger partial charge in [0.05, 0.1) is 22.9 Å². The number of hydrogen-bond donors (Lipinski definition) is 0. The molecule has 0 aliphatic heterocycles. The van der Waals surface area contributed by atoms with Gasteiger partial charge in [-0.25, -0.2) is 8.42 Å². The van der Waals surface area contributed by atoms with Gasteiger partial charge in [-0.2, -0.15) is 5.11 Å². The molecule has 6 nitrogen and oxygen atoms in total. The molecule has 188 valence electrons. The van der Waals surface area contributed by atoms with Crippen LogP contribution in [0, 0.1) is 0 Å². The van der Waals surface area contributed by atoms with E-state index in [1.807, 2.05) is 36.4 Å². The molecule has 0 unspecified atom stereocenters. The molecule has 0 N–H and O–H groups in total. The Labute approximate surface area is 237 Å². The van der Waals surface area contributed by atoms with Crippen molar-refractivity contribution in [2.24, 2.45) is 10.2 Å². The standard InChI is InChI=1S/C28H36N2O4S.Na/c1-2-3-4-5-6-7-8-9-10-13-22-34-28-21-20-27(25-14-11-12-15-26(25)28)30-29-23-16-18-24(19-17-23)35(31,32)33;/h11-12,14-21H,2-10,13,22H2,1H3,(H,31,32,33);/q;+1/p-1. The van der Waals surface area contributed by atoms with Gasteiger partial charge in [-0.15, -0.1) is 5.11 Å². The molecule has 0 fully saturated rings. The quantitative estimate of drug-likeness (QED) is 0.116. The van der Waals surface area contributed by atoms with Crippen molar-refractivity contribution in [2.45, 2.75) is 76.0 Å². The summed E-state index contributed by atoms with van der Waals surface area (Å²) in [7, 11) is -4.48. The third-order valence-corrected chi connectivity index (χ3v) is 6.86. The van der Waals surface area contributed by atoms with Crippen LogP contribution in [0.1, 0.15) is 71.1 Å². The third-order valence-electron chi connectivity index (χ3n) is 6.02. The SMILES string of the molecule is CCCCCCCCCCCCOc1ccc(N=Nc2ccc(S(=O)(=O)[O-])cc2)c2ccccc12.[Na+]. The van der Waals surface area contributed by atoms with Crippen molar-refractivity contribution in [3.05, 3.63) is 60.7 Å². The molecule has 0 bridgehead atoms. The molecule has 3 aromatic carbocycles. The summed E-state index contributed by atoms with van der Waals surface area (Å²) in [6, 6.07) is 17.1. The molecular formula is C28H35N2NaO4S. The van der Waals surface area contributed by atoms with Crippen molar-refractivity contribution in [3.8, 4) is 5.75 Å². The van der Waals surface area contributed by atoms with Crippen molar-refractivity contribution >= 4 is 32.3 Å². The molecule has 0 atom stereocenters. The molecule has 0 saturated carbocycles. The van der Waals surface area contributed by atoms with Crippen LogP contribution in [0.4, 0.5) is 11.4 Å². The van der Waals surface area contributed by atoms with Gasteiger partial charge in [0.15, 0.2) is 0 Å². The summed E-state index contributed by atoms with van der Waals surface area (Å²) in [5.41, 5.74) is 1.15. The van der Waals surface area contributed by atoms with Crippen LogP contribution < -0.4 is 34.3 Å². The minimum absolute atomic E-state index is 0. The van der Waals surface area contributed by atoms with Gasteiger partial charge in [0, 0.05) is 10.8 Å². The summed E-state index contributed by atoms with van der Waals surface area (Å²) in [5, 5.41) is 10.4. The Kier molecular flexibility index (Phi) is 13.7. The van der Waals surface area contributed by atoms with Crippen LogP contribution >= 0.6 is 0 Å². The number of ether oxygens (including phenoxy) is 1. The van der Waals surface area contributed by atoms with E-state index in [1.165, 1.54) is 82.1 Å². The molecular weight excluding hydrogens is 483 g/mol. The monoisotopic (exact) mass is 518 g/mol. The molecule has 8 heteroatoms. The van der Waals surface area contributed by atoms with Gasteiger partial charge < -0.3 is 9.29 Å². The first-order valence-electron chi connectivity index (χ1n) is 12.6. The van der Waals surface area contributed by atoms with Crippen molar-refractivity contribution < 1.29 is 47.3 Å². The van der Waals surface area contributed by atoms with E-state index in [0.717, 1.165) is 22.9 Å². The molecule has 3 aromatic rings. The number of azo groups is 1. The van der Waals surface area contributed by atoms with E-state index in [1.54, 1.807) is 0 Å². The number of fused-ring (bicyclic) bond motifs is 1. The van der Waals surface area contributed by atoms with Crippen molar-refractivity contribution in [1.29, 1.82) is 0 Å². The van der Waals surface area contributed by atoms with Gasteiger partial charge in [-0.05, 0) is 42.8 Å². The van der Waals surface area contributed by atoms with Crippen molar-refractivity contribution in [1.82, 2.24) is 0 Å². The zero-order chi connectivity index (χ0) is 24.9. The molecule has 0 aliphatic rings. The first-order chi connectivity index (χ1) is 17.0.